The quantitative estimate of drug-likeness (QED) is 0.902. The molecule has 1 aromatic carbocycles. The fraction of sp³-hybridized carbons (Fsp3) is 0.611. The van der Waals surface area contributed by atoms with Gasteiger partial charge in [-0.05, 0) is 17.4 Å². The number of carbonyl (C=O) groups excluding carboxylic acids is 1. The van der Waals surface area contributed by atoms with Crippen molar-refractivity contribution in [3.8, 4) is 0 Å². The van der Waals surface area contributed by atoms with Crippen molar-refractivity contribution in [2.24, 2.45) is 17.6 Å². The van der Waals surface area contributed by atoms with E-state index in [9.17, 15) is 4.79 Å². The van der Waals surface area contributed by atoms with Crippen LogP contribution in [0, 0.1) is 11.8 Å². The van der Waals surface area contributed by atoms with Gasteiger partial charge in [-0.2, -0.15) is 0 Å². The molecule has 124 valence electrons. The fourth-order valence-corrected chi connectivity index (χ4v) is 3.29. The predicted octanol–water partition coefficient (Wildman–Crippen LogP) is 3.43. The van der Waals surface area contributed by atoms with Crippen LogP contribution < -0.4 is 5.73 Å². The van der Waals surface area contributed by atoms with Gasteiger partial charge in [-0.1, -0.05) is 57.5 Å². The van der Waals surface area contributed by atoms with Gasteiger partial charge in [0.15, 0.2) is 0 Å². The highest BCUT2D eigenvalue weighted by Gasteiger charge is 2.34. The zero-order valence-electron chi connectivity index (χ0n) is 13.9. The zero-order valence-corrected chi connectivity index (χ0v) is 14.7. The molecule has 1 fully saturated rings. The first kappa shape index (κ1) is 19.0. The number of nitrogens with two attached hydrogens (primary N) is 1. The lowest BCUT2D eigenvalue weighted by Gasteiger charge is -2.23. The van der Waals surface area contributed by atoms with E-state index in [1.54, 1.807) is 0 Å². The van der Waals surface area contributed by atoms with Crippen molar-refractivity contribution in [2.45, 2.75) is 45.6 Å². The average molecular weight is 325 g/mol. The minimum absolute atomic E-state index is 0. The molecule has 4 heteroatoms. The van der Waals surface area contributed by atoms with E-state index >= 15 is 0 Å². The maximum Gasteiger partial charge on any atom is 0.222 e. The van der Waals surface area contributed by atoms with Gasteiger partial charge in [0.25, 0.3) is 0 Å². The van der Waals surface area contributed by atoms with Gasteiger partial charge in [-0.3, -0.25) is 4.79 Å². The molecule has 1 saturated heterocycles. The Morgan fingerprint density at radius 2 is 1.91 bits per heavy atom. The fourth-order valence-electron chi connectivity index (χ4n) is 3.29. The topological polar surface area (TPSA) is 46.3 Å². The van der Waals surface area contributed by atoms with Gasteiger partial charge in [0.05, 0.1) is 0 Å². The summed E-state index contributed by atoms with van der Waals surface area (Å²) in [4.78, 5) is 14.5. The number of likely N-dealkylation sites (tertiary alicyclic amines) is 1. The highest BCUT2D eigenvalue weighted by molar-refractivity contribution is 5.85. The number of carbonyl (C=O) groups is 1. The number of benzene rings is 1. The van der Waals surface area contributed by atoms with Gasteiger partial charge in [0.2, 0.25) is 5.91 Å². The maximum absolute atomic E-state index is 12.5. The normalized spacial score (nSPS) is 22.5. The molecular weight excluding hydrogens is 296 g/mol. The van der Waals surface area contributed by atoms with Crippen molar-refractivity contribution in [1.82, 2.24) is 4.90 Å². The summed E-state index contributed by atoms with van der Waals surface area (Å²) in [6, 6.07) is 10.4. The molecule has 1 aliphatic heterocycles. The molecule has 0 spiro atoms. The molecule has 22 heavy (non-hydrogen) atoms. The van der Waals surface area contributed by atoms with Crippen LogP contribution in [0.1, 0.15) is 45.1 Å². The summed E-state index contributed by atoms with van der Waals surface area (Å²) in [5.74, 6) is 1.57. The number of hydrogen-bond acceptors (Lipinski definition) is 2. The number of rotatable bonds is 5. The monoisotopic (exact) mass is 324 g/mol. The molecule has 2 rings (SSSR count). The summed E-state index contributed by atoms with van der Waals surface area (Å²) in [5.41, 5.74) is 7.51. The number of nitrogens with zero attached hydrogens (tertiary/aromatic N) is 1. The van der Waals surface area contributed by atoms with E-state index in [2.05, 4.69) is 32.9 Å². The van der Waals surface area contributed by atoms with Crippen LogP contribution in [0.3, 0.4) is 0 Å². The molecule has 0 saturated carbocycles. The standard InChI is InChI=1S/C18H28N2O.ClH/c1-4-14(13(2)3)10-18(21)20-11-16(17(19)12-20)15-8-6-5-7-9-15;/h5-9,13-14,16-17H,4,10-12,19H2,1-3H3;1H/t14?,16-,17+;/m0./s1. The molecule has 0 bridgehead atoms. The number of hydrogen-bond donors (Lipinski definition) is 1. The SMILES string of the molecule is CCC(CC(=O)N1C[C@@H](N)[C@H](c2ccccc2)C1)C(C)C.Cl. The van der Waals surface area contributed by atoms with E-state index in [1.807, 2.05) is 23.1 Å². The molecule has 0 radical (unpaired) electrons. The van der Waals surface area contributed by atoms with Crippen LogP contribution in [0.5, 0.6) is 0 Å². The van der Waals surface area contributed by atoms with Gasteiger partial charge < -0.3 is 10.6 Å². The summed E-state index contributed by atoms with van der Waals surface area (Å²) in [5, 5.41) is 0. The Morgan fingerprint density at radius 1 is 1.27 bits per heavy atom. The molecule has 1 amide bonds. The highest BCUT2D eigenvalue weighted by Crippen LogP contribution is 2.28. The van der Waals surface area contributed by atoms with Gasteiger partial charge >= 0.3 is 0 Å². The van der Waals surface area contributed by atoms with E-state index in [4.69, 9.17) is 5.73 Å². The number of amides is 1. The molecular formula is C18H29ClN2O. The Morgan fingerprint density at radius 3 is 2.45 bits per heavy atom. The van der Waals surface area contributed by atoms with Crippen molar-refractivity contribution >= 4 is 18.3 Å². The summed E-state index contributed by atoms with van der Waals surface area (Å²) < 4.78 is 0. The van der Waals surface area contributed by atoms with E-state index in [0.29, 0.717) is 24.8 Å². The summed E-state index contributed by atoms with van der Waals surface area (Å²) in [6.45, 7) is 8.01. The largest absolute Gasteiger partial charge is 0.340 e. The second kappa shape index (κ2) is 8.54. The summed E-state index contributed by atoms with van der Waals surface area (Å²) in [7, 11) is 0. The molecule has 1 aliphatic rings. The van der Waals surface area contributed by atoms with Crippen molar-refractivity contribution in [1.29, 1.82) is 0 Å². The van der Waals surface area contributed by atoms with E-state index < -0.39 is 0 Å². The summed E-state index contributed by atoms with van der Waals surface area (Å²) >= 11 is 0. The summed E-state index contributed by atoms with van der Waals surface area (Å²) in [6.07, 6.45) is 1.72. The van der Waals surface area contributed by atoms with Crippen LogP contribution in [-0.2, 0) is 4.79 Å². The second-order valence-corrected chi connectivity index (χ2v) is 6.60. The Labute approximate surface area is 140 Å². The Balaban J connectivity index is 0.00000242. The highest BCUT2D eigenvalue weighted by atomic mass is 35.5. The van der Waals surface area contributed by atoms with Crippen molar-refractivity contribution < 1.29 is 4.79 Å². The van der Waals surface area contributed by atoms with Crippen LogP contribution >= 0.6 is 12.4 Å². The average Bonchev–Trinajstić information content (AvgIpc) is 2.87. The maximum atomic E-state index is 12.5. The molecule has 3 atom stereocenters. The van der Waals surface area contributed by atoms with Crippen molar-refractivity contribution in [2.75, 3.05) is 13.1 Å². The zero-order chi connectivity index (χ0) is 15.4. The van der Waals surface area contributed by atoms with Crippen LogP contribution in [0.15, 0.2) is 30.3 Å². The molecule has 3 nitrogen and oxygen atoms in total. The molecule has 1 unspecified atom stereocenters. The van der Waals surface area contributed by atoms with Crippen LogP contribution in [-0.4, -0.2) is 29.9 Å². The van der Waals surface area contributed by atoms with Crippen LogP contribution in [0.4, 0.5) is 0 Å². The van der Waals surface area contributed by atoms with Crippen molar-refractivity contribution in [3.63, 3.8) is 0 Å². The Bertz CT molecular complexity index is 463. The van der Waals surface area contributed by atoms with E-state index in [0.717, 1.165) is 13.0 Å². The van der Waals surface area contributed by atoms with Crippen LogP contribution in [0.25, 0.3) is 0 Å². The second-order valence-electron chi connectivity index (χ2n) is 6.60. The third kappa shape index (κ3) is 4.47. The lowest BCUT2D eigenvalue weighted by Crippen LogP contribution is -2.33. The Kier molecular flexibility index (Phi) is 7.37. The number of halogens is 1. The first-order valence-electron chi connectivity index (χ1n) is 8.11. The molecule has 1 heterocycles. The van der Waals surface area contributed by atoms with Crippen molar-refractivity contribution in [3.05, 3.63) is 35.9 Å². The molecule has 0 aromatic heterocycles. The van der Waals surface area contributed by atoms with Gasteiger partial charge in [0, 0.05) is 31.5 Å². The first-order chi connectivity index (χ1) is 10.0. The van der Waals surface area contributed by atoms with Gasteiger partial charge in [0.1, 0.15) is 0 Å². The lowest BCUT2D eigenvalue weighted by molar-refractivity contribution is -0.131. The minimum atomic E-state index is 0. The van der Waals surface area contributed by atoms with E-state index in [-0.39, 0.29) is 30.3 Å². The predicted molar refractivity (Wildman–Crippen MR) is 94.2 cm³/mol. The lowest BCUT2D eigenvalue weighted by atomic mass is 9.90. The van der Waals surface area contributed by atoms with Gasteiger partial charge in [-0.15, -0.1) is 12.4 Å². The van der Waals surface area contributed by atoms with E-state index in [1.165, 1.54) is 5.56 Å². The van der Waals surface area contributed by atoms with Crippen LogP contribution in [0.2, 0.25) is 0 Å². The minimum Gasteiger partial charge on any atom is -0.340 e. The smallest absolute Gasteiger partial charge is 0.222 e. The third-order valence-corrected chi connectivity index (χ3v) is 4.85. The molecule has 1 aromatic rings. The van der Waals surface area contributed by atoms with Gasteiger partial charge in [-0.25, -0.2) is 0 Å². The third-order valence-electron chi connectivity index (χ3n) is 4.85. The Hall–Kier alpha value is -1.06. The molecule has 2 N–H and O–H groups in total. The first-order valence-corrected chi connectivity index (χ1v) is 8.11. The molecule has 0 aliphatic carbocycles.